The van der Waals surface area contributed by atoms with E-state index in [1.807, 2.05) is 30.3 Å². The second kappa shape index (κ2) is 5.36. The van der Waals surface area contributed by atoms with Crippen LogP contribution in [0.2, 0.25) is 0 Å². The average molecular weight is 235 g/mol. The highest BCUT2D eigenvalue weighted by Gasteiger charge is 2.20. The van der Waals surface area contributed by atoms with Crippen molar-refractivity contribution in [1.82, 2.24) is 5.06 Å². The molecule has 90 valence electrons. The molecular weight excluding hydrogens is 222 g/mol. The van der Waals surface area contributed by atoms with Gasteiger partial charge in [-0.25, -0.2) is 4.79 Å². The Balaban J connectivity index is 1.72. The number of nitrogens with zero attached hydrogens (tertiary/aromatic N) is 1. The lowest BCUT2D eigenvalue weighted by atomic mass is 10.2. The molecule has 0 unspecified atom stereocenters. The van der Waals surface area contributed by atoms with Gasteiger partial charge in [-0.1, -0.05) is 30.3 Å². The zero-order chi connectivity index (χ0) is 12.1. The van der Waals surface area contributed by atoms with Crippen LogP contribution in [0.4, 0.5) is 4.79 Å². The van der Waals surface area contributed by atoms with Crippen LogP contribution in [0.3, 0.4) is 0 Å². The Labute approximate surface area is 98.8 Å². The summed E-state index contributed by atoms with van der Waals surface area (Å²) in [6.45, 7) is 1.01. The molecule has 0 bridgehead atoms. The Kier molecular flexibility index (Phi) is 3.62. The van der Waals surface area contributed by atoms with Gasteiger partial charge < -0.3 is 14.7 Å². The van der Waals surface area contributed by atoms with E-state index in [-0.39, 0.29) is 13.2 Å². The normalized spacial score (nSPS) is 14.4. The molecule has 0 aromatic heterocycles. The van der Waals surface area contributed by atoms with E-state index in [4.69, 9.17) is 14.7 Å². The van der Waals surface area contributed by atoms with Crippen LogP contribution in [0, 0.1) is 0 Å². The van der Waals surface area contributed by atoms with Crippen molar-refractivity contribution in [3.63, 3.8) is 0 Å². The molecule has 2 rings (SSSR count). The first-order valence-electron chi connectivity index (χ1n) is 5.25. The van der Waals surface area contributed by atoms with Gasteiger partial charge in [0.15, 0.2) is 5.76 Å². The Morgan fingerprint density at radius 3 is 2.76 bits per heavy atom. The molecule has 5 nitrogen and oxygen atoms in total. The van der Waals surface area contributed by atoms with E-state index >= 15 is 0 Å². The minimum atomic E-state index is -1.10. The highest BCUT2D eigenvalue weighted by atomic mass is 16.7. The fourth-order valence-electron chi connectivity index (χ4n) is 1.45. The van der Waals surface area contributed by atoms with Crippen LogP contribution in [0.25, 0.3) is 0 Å². The number of benzene rings is 1. The molecule has 17 heavy (non-hydrogen) atoms. The monoisotopic (exact) mass is 235 g/mol. The Bertz CT molecular complexity index is 416. The van der Waals surface area contributed by atoms with Crippen LogP contribution >= 0.6 is 0 Å². The zero-order valence-electron chi connectivity index (χ0n) is 9.20. The lowest BCUT2D eigenvalue weighted by Gasteiger charge is -2.12. The molecule has 5 heteroatoms. The summed E-state index contributed by atoms with van der Waals surface area (Å²) in [6, 6.07) is 9.75. The van der Waals surface area contributed by atoms with Gasteiger partial charge in [0.25, 0.3) is 0 Å². The fraction of sp³-hybridized carbons (Fsp3) is 0.250. The van der Waals surface area contributed by atoms with E-state index in [0.29, 0.717) is 12.4 Å². The third kappa shape index (κ3) is 3.22. The Morgan fingerprint density at radius 2 is 2.12 bits per heavy atom. The maximum Gasteiger partial charge on any atom is 0.441 e. The van der Waals surface area contributed by atoms with E-state index in [0.717, 1.165) is 10.6 Å². The summed E-state index contributed by atoms with van der Waals surface area (Å²) in [6.07, 6.45) is 0.596. The lowest BCUT2D eigenvalue weighted by Crippen LogP contribution is -2.25. The molecule has 1 N–H and O–H groups in total. The Morgan fingerprint density at radius 1 is 1.35 bits per heavy atom. The van der Waals surface area contributed by atoms with Crippen LogP contribution in [0.5, 0.6) is 0 Å². The predicted octanol–water partition coefficient (Wildman–Crippen LogP) is 2.01. The topological polar surface area (TPSA) is 59.0 Å². The average Bonchev–Trinajstić information content (AvgIpc) is 2.79. The molecule has 1 aromatic rings. The Hall–Kier alpha value is -2.01. The summed E-state index contributed by atoms with van der Waals surface area (Å²) < 4.78 is 5.42. The number of carboxylic acid groups (broad SMARTS) is 1. The SMILES string of the molecule is O=C(O)N1CC=C(COCc2ccccc2)O1. The van der Waals surface area contributed by atoms with Gasteiger partial charge in [0.05, 0.1) is 13.2 Å². The van der Waals surface area contributed by atoms with Crippen LogP contribution in [0.1, 0.15) is 5.56 Å². The van der Waals surface area contributed by atoms with E-state index in [2.05, 4.69) is 0 Å². The van der Waals surface area contributed by atoms with Gasteiger partial charge in [-0.3, -0.25) is 0 Å². The third-order valence-electron chi connectivity index (χ3n) is 2.28. The van der Waals surface area contributed by atoms with Crippen LogP contribution in [-0.4, -0.2) is 29.4 Å². The smallest absolute Gasteiger partial charge is 0.441 e. The second-order valence-corrected chi connectivity index (χ2v) is 3.58. The molecule has 0 radical (unpaired) electrons. The molecular formula is C12H13NO4. The highest BCUT2D eigenvalue weighted by Crippen LogP contribution is 2.12. The first-order valence-corrected chi connectivity index (χ1v) is 5.25. The van der Waals surface area contributed by atoms with Gasteiger partial charge >= 0.3 is 6.09 Å². The molecule has 0 fully saturated rings. The highest BCUT2D eigenvalue weighted by molar-refractivity contribution is 5.64. The summed E-state index contributed by atoms with van der Waals surface area (Å²) in [5, 5.41) is 9.52. The minimum absolute atomic E-state index is 0.249. The molecule has 1 aromatic carbocycles. The van der Waals surface area contributed by atoms with Crippen LogP contribution in [-0.2, 0) is 16.2 Å². The minimum Gasteiger partial charge on any atom is -0.463 e. The summed E-state index contributed by atoms with van der Waals surface area (Å²) in [4.78, 5) is 15.6. The van der Waals surface area contributed by atoms with E-state index in [9.17, 15) is 4.79 Å². The van der Waals surface area contributed by atoms with Crippen molar-refractivity contribution < 1.29 is 19.5 Å². The molecule has 0 aliphatic carbocycles. The molecule has 0 atom stereocenters. The second-order valence-electron chi connectivity index (χ2n) is 3.58. The molecule has 1 amide bonds. The number of carbonyl (C=O) groups is 1. The van der Waals surface area contributed by atoms with Gasteiger partial charge in [0.2, 0.25) is 0 Å². The van der Waals surface area contributed by atoms with E-state index < -0.39 is 6.09 Å². The molecule has 1 heterocycles. The summed E-state index contributed by atoms with van der Waals surface area (Å²) in [5.74, 6) is 0.531. The van der Waals surface area contributed by atoms with Gasteiger partial charge in [-0.05, 0) is 11.6 Å². The van der Waals surface area contributed by atoms with Crippen molar-refractivity contribution in [2.45, 2.75) is 6.61 Å². The molecule has 1 aliphatic heterocycles. The summed E-state index contributed by atoms with van der Waals surface area (Å²) in [7, 11) is 0. The molecule has 1 aliphatic rings. The number of rotatable bonds is 4. The van der Waals surface area contributed by atoms with Crippen molar-refractivity contribution in [1.29, 1.82) is 0 Å². The maximum atomic E-state index is 10.6. The van der Waals surface area contributed by atoms with Gasteiger partial charge in [0, 0.05) is 0 Å². The summed E-state index contributed by atoms with van der Waals surface area (Å²) >= 11 is 0. The number of amides is 1. The lowest BCUT2D eigenvalue weighted by molar-refractivity contribution is -0.0785. The van der Waals surface area contributed by atoms with E-state index in [1.54, 1.807) is 6.08 Å². The summed E-state index contributed by atoms with van der Waals surface area (Å²) in [5.41, 5.74) is 1.07. The van der Waals surface area contributed by atoms with Crippen molar-refractivity contribution in [2.75, 3.05) is 13.2 Å². The number of hydrogen-bond acceptors (Lipinski definition) is 3. The molecule has 0 spiro atoms. The predicted molar refractivity (Wildman–Crippen MR) is 60.0 cm³/mol. The van der Waals surface area contributed by atoms with Crippen molar-refractivity contribution in [3.05, 3.63) is 47.7 Å². The van der Waals surface area contributed by atoms with E-state index in [1.165, 1.54) is 0 Å². The molecule has 0 saturated carbocycles. The van der Waals surface area contributed by atoms with Crippen LogP contribution in [0.15, 0.2) is 42.2 Å². The third-order valence-corrected chi connectivity index (χ3v) is 2.28. The number of hydrogen-bond donors (Lipinski definition) is 1. The van der Waals surface area contributed by atoms with Crippen molar-refractivity contribution in [3.8, 4) is 0 Å². The number of ether oxygens (including phenoxy) is 1. The van der Waals surface area contributed by atoms with Gasteiger partial charge in [0.1, 0.15) is 6.61 Å². The first kappa shape index (κ1) is 11.5. The van der Waals surface area contributed by atoms with Gasteiger partial charge in [-0.15, -0.1) is 5.06 Å². The standard InChI is InChI=1S/C12H13NO4/c14-12(15)13-7-6-11(17-13)9-16-8-10-4-2-1-3-5-10/h1-6H,7-9H2,(H,14,15). The number of hydroxylamine groups is 2. The maximum absolute atomic E-state index is 10.6. The van der Waals surface area contributed by atoms with Crippen molar-refractivity contribution >= 4 is 6.09 Å². The first-order chi connectivity index (χ1) is 8.25. The fourth-order valence-corrected chi connectivity index (χ4v) is 1.45. The van der Waals surface area contributed by atoms with Gasteiger partial charge in [-0.2, -0.15) is 0 Å². The molecule has 0 saturated heterocycles. The zero-order valence-corrected chi connectivity index (χ0v) is 9.20. The van der Waals surface area contributed by atoms with Crippen LogP contribution < -0.4 is 0 Å². The quantitative estimate of drug-likeness (QED) is 0.867. The largest absolute Gasteiger partial charge is 0.463 e. The van der Waals surface area contributed by atoms with Crippen molar-refractivity contribution in [2.24, 2.45) is 0 Å².